The second-order valence-electron chi connectivity index (χ2n) is 7.59. The lowest BCUT2D eigenvalue weighted by atomic mass is 9.85. The lowest BCUT2D eigenvalue weighted by molar-refractivity contribution is -0.137. The van der Waals surface area contributed by atoms with Crippen molar-refractivity contribution in [1.82, 2.24) is 0 Å². The number of nitrogens with one attached hydrogen (secondary N) is 2. The lowest BCUT2D eigenvalue weighted by Crippen LogP contribution is -2.31. The molecular formula is C22H22F3N3O2. The van der Waals surface area contributed by atoms with E-state index in [1.165, 1.54) is 19.1 Å². The van der Waals surface area contributed by atoms with Gasteiger partial charge < -0.3 is 10.6 Å². The summed E-state index contributed by atoms with van der Waals surface area (Å²) in [5.74, 6) is -0.591. The molecule has 5 nitrogen and oxygen atoms in total. The fraction of sp³-hybridized carbons (Fsp3) is 0.318. The third-order valence-electron chi connectivity index (χ3n) is 4.63. The predicted molar refractivity (Wildman–Crippen MR) is 108 cm³/mol. The van der Waals surface area contributed by atoms with Crippen LogP contribution in [0.5, 0.6) is 0 Å². The highest BCUT2D eigenvalue weighted by molar-refractivity contribution is 5.95. The number of nitrogens with zero attached hydrogens (tertiary/aromatic N) is 1. The number of benzene rings is 2. The van der Waals surface area contributed by atoms with Crippen molar-refractivity contribution in [3.05, 3.63) is 59.2 Å². The summed E-state index contributed by atoms with van der Waals surface area (Å²) in [5, 5.41) is 14.1. The molecule has 0 aromatic heterocycles. The first kappa shape index (κ1) is 22.9. The van der Waals surface area contributed by atoms with Gasteiger partial charge in [-0.1, -0.05) is 26.0 Å². The highest BCUT2D eigenvalue weighted by Crippen LogP contribution is 2.34. The second kappa shape index (κ2) is 8.99. The summed E-state index contributed by atoms with van der Waals surface area (Å²) in [6, 6.07) is 11.8. The van der Waals surface area contributed by atoms with E-state index in [0.29, 0.717) is 18.5 Å². The van der Waals surface area contributed by atoms with Gasteiger partial charge in [-0.25, -0.2) is 0 Å². The number of hydrogen-bond acceptors (Lipinski definition) is 3. The van der Waals surface area contributed by atoms with Crippen LogP contribution in [0.25, 0.3) is 0 Å². The van der Waals surface area contributed by atoms with Crippen molar-refractivity contribution in [3.63, 3.8) is 0 Å². The molecule has 0 bridgehead atoms. The molecule has 158 valence electrons. The predicted octanol–water partition coefficient (Wildman–Crippen LogP) is 5.13. The highest BCUT2D eigenvalue weighted by Gasteiger charge is 2.34. The van der Waals surface area contributed by atoms with Crippen molar-refractivity contribution in [2.24, 2.45) is 5.41 Å². The number of aryl methyl sites for hydroxylation is 1. The molecule has 2 aromatic carbocycles. The van der Waals surface area contributed by atoms with Crippen LogP contribution in [-0.4, -0.2) is 11.8 Å². The van der Waals surface area contributed by atoms with E-state index in [2.05, 4.69) is 10.6 Å². The van der Waals surface area contributed by atoms with Crippen molar-refractivity contribution < 1.29 is 22.8 Å². The molecule has 0 aliphatic carbocycles. The summed E-state index contributed by atoms with van der Waals surface area (Å²) < 4.78 is 39.3. The van der Waals surface area contributed by atoms with E-state index < -0.39 is 28.6 Å². The number of anilines is 2. The zero-order chi connectivity index (χ0) is 22.5. The van der Waals surface area contributed by atoms with Crippen LogP contribution in [0.4, 0.5) is 24.5 Å². The second-order valence-corrected chi connectivity index (χ2v) is 7.59. The number of rotatable bonds is 6. The van der Waals surface area contributed by atoms with Crippen LogP contribution in [-0.2, 0) is 22.2 Å². The van der Waals surface area contributed by atoms with Gasteiger partial charge in [0, 0.05) is 23.7 Å². The van der Waals surface area contributed by atoms with Gasteiger partial charge in [-0.2, -0.15) is 18.4 Å². The minimum atomic E-state index is -4.69. The number of hydrogen-bond donors (Lipinski definition) is 2. The maximum Gasteiger partial charge on any atom is 0.417 e. The maximum atomic E-state index is 13.1. The molecule has 0 heterocycles. The van der Waals surface area contributed by atoms with Crippen LogP contribution in [0, 0.1) is 16.7 Å². The van der Waals surface area contributed by atoms with Gasteiger partial charge >= 0.3 is 6.18 Å². The van der Waals surface area contributed by atoms with E-state index in [1.54, 1.807) is 26.0 Å². The first-order valence-corrected chi connectivity index (χ1v) is 9.22. The van der Waals surface area contributed by atoms with Gasteiger partial charge in [-0.3, -0.25) is 9.59 Å². The third kappa shape index (κ3) is 6.08. The standard InChI is InChI=1S/C22H22F3N3O2/c1-14(29)27-17-7-4-15(5-8-17)10-11-21(2,3)20(30)28-18-9-6-16(13-26)19(12-18)22(23,24)25/h4-9,12H,10-11H2,1-3H3,(H,27,29)(H,28,30). The highest BCUT2D eigenvalue weighted by atomic mass is 19.4. The topological polar surface area (TPSA) is 82.0 Å². The zero-order valence-electron chi connectivity index (χ0n) is 16.9. The van der Waals surface area contributed by atoms with Crippen LogP contribution in [0.3, 0.4) is 0 Å². The van der Waals surface area contributed by atoms with E-state index in [-0.39, 0.29) is 11.6 Å². The lowest BCUT2D eigenvalue weighted by Gasteiger charge is -2.24. The fourth-order valence-corrected chi connectivity index (χ4v) is 2.78. The monoisotopic (exact) mass is 417 g/mol. The van der Waals surface area contributed by atoms with Gasteiger partial charge in [0.05, 0.1) is 17.2 Å². The van der Waals surface area contributed by atoms with E-state index in [0.717, 1.165) is 17.7 Å². The van der Waals surface area contributed by atoms with Gasteiger partial charge in [0.1, 0.15) is 0 Å². The summed E-state index contributed by atoms with van der Waals surface area (Å²) in [6.07, 6.45) is -3.66. The molecule has 2 rings (SSSR count). The Morgan fingerprint density at radius 2 is 1.60 bits per heavy atom. The summed E-state index contributed by atoms with van der Waals surface area (Å²) in [6.45, 7) is 4.84. The number of carbonyl (C=O) groups is 2. The third-order valence-corrected chi connectivity index (χ3v) is 4.63. The minimum absolute atomic E-state index is 0.0148. The van der Waals surface area contributed by atoms with Crippen molar-refractivity contribution in [2.45, 2.75) is 39.8 Å². The fourth-order valence-electron chi connectivity index (χ4n) is 2.78. The first-order chi connectivity index (χ1) is 13.9. The zero-order valence-corrected chi connectivity index (χ0v) is 16.9. The molecule has 0 aliphatic rings. The van der Waals surface area contributed by atoms with Crippen LogP contribution in [0.2, 0.25) is 0 Å². The Balaban J connectivity index is 2.05. The number of nitriles is 1. The average molecular weight is 417 g/mol. The van der Waals surface area contributed by atoms with Gasteiger partial charge in [-0.05, 0) is 48.7 Å². The minimum Gasteiger partial charge on any atom is -0.326 e. The summed E-state index contributed by atoms with van der Waals surface area (Å²) in [5.41, 5.74) is -0.809. The van der Waals surface area contributed by atoms with Crippen LogP contribution >= 0.6 is 0 Å². The first-order valence-electron chi connectivity index (χ1n) is 9.22. The van der Waals surface area contributed by atoms with Gasteiger partial charge in [-0.15, -0.1) is 0 Å². The molecule has 0 fully saturated rings. The molecule has 0 spiro atoms. The molecule has 0 atom stereocenters. The van der Waals surface area contributed by atoms with E-state index in [4.69, 9.17) is 5.26 Å². The van der Waals surface area contributed by atoms with E-state index in [9.17, 15) is 22.8 Å². The van der Waals surface area contributed by atoms with Crippen LogP contribution < -0.4 is 10.6 Å². The number of alkyl halides is 3. The molecule has 0 radical (unpaired) electrons. The largest absolute Gasteiger partial charge is 0.417 e. The van der Waals surface area contributed by atoms with Crippen molar-refractivity contribution in [1.29, 1.82) is 5.26 Å². The normalized spacial score (nSPS) is 11.5. The Kier molecular flexibility index (Phi) is 6.88. The summed E-state index contributed by atoms with van der Waals surface area (Å²) >= 11 is 0. The molecule has 0 unspecified atom stereocenters. The number of halogens is 3. The maximum absolute atomic E-state index is 13.1. The van der Waals surface area contributed by atoms with E-state index in [1.807, 2.05) is 12.1 Å². The van der Waals surface area contributed by atoms with E-state index >= 15 is 0 Å². The quantitative estimate of drug-likeness (QED) is 0.683. The Morgan fingerprint density at radius 3 is 2.13 bits per heavy atom. The molecule has 0 saturated heterocycles. The molecule has 2 aromatic rings. The molecule has 30 heavy (non-hydrogen) atoms. The van der Waals surface area contributed by atoms with Gasteiger partial charge in [0.15, 0.2) is 0 Å². The molecule has 2 N–H and O–H groups in total. The summed E-state index contributed by atoms with van der Waals surface area (Å²) in [4.78, 5) is 23.7. The Morgan fingerprint density at radius 1 is 1.00 bits per heavy atom. The van der Waals surface area contributed by atoms with Gasteiger partial charge in [0.25, 0.3) is 0 Å². The Bertz CT molecular complexity index is 975. The average Bonchev–Trinajstić information content (AvgIpc) is 2.66. The van der Waals surface area contributed by atoms with Crippen molar-refractivity contribution in [3.8, 4) is 6.07 Å². The molecule has 0 saturated carbocycles. The molecule has 0 aliphatic heterocycles. The van der Waals surface area contributed by atoms with Crippen molar-refractivity contribution >= 4 is 23.2 Å². The SMILES string of the molecule is CC(=O)Nc1ccc(CCC(C)(C)C(=O)Nc2ccc(C#N)c(C(F)(F)F)c2)cc1. The summed E-state index contributed by atoms with van der Waals surface area (Å²) in [7, 11) is 0. The van der Waals surface area contributed by atoms with Crippen LogP contribution in [0.15, 0.2) is 42.5 Å². The van der Waals surface area contributed by atoms with Gasteiger partial charge in [0.2, 0.25) is 11.8 Å². The Labute approximate surface area is 172 Å². The number of carbonyl (C=O) groups excluding carboxylic acids is 2. The Hall–Kier alpha value is -3.34. The molecule has 8 heteroatoms. The molecule has 2 amide bonds. The van der Waals surface area contributed by atoms with Crippen LogP contribution in [0.1, 0.15) is 43.9 Å². The number of amides is 2. The van der Waals surface area contributed by atoms with Crippen molar-refractivity contribution in [2.75, 3.05) is 10.6 Å². The smallest absolute Gasteiger partial charge is 0.326 e. The molecular weight excluding hydrogens is 395 g/mol.